The fourth-order valence-corrected chi connectivity index (χ4v) is 7.89. The molecule has 1 aliphatic heterocycles. The summed E-state index contributed by atoms with van der Waals surface area (Å²) in [6.45, 7) is 8.63. The molecular formula is C30H26ClF3N6O3S. The Morgan fingerprint density at radius 1 is 1.11 bits per heavy atom. The molecule has 1 aliphatic carbocycles. The maximum Gasteiger partial charge on any atom is 0.417 e. The third-order valence-electron chi connectivity index (χ3n) is 8.49. The number of pyridine rings is 1. The normalized spacial score (nSPS) is 20.0. The van der Waals surface area contributed by atoms with Gasteiger partial charge in [0.25, 0.3) is 10.0 Å². The molecule has 4 aromatic rings. The number of carbonyl (C=O) groups excluding carboxylic acids is 1. The quantitative estimate of drug-likeness (QED) is 0.240. The average molecular weight is 643 g/mol. The number of nitrogens with zero attached hydrogens (tertiary/aromatic N) is 5. The van der Waals surface area contributed by atoms with Gasteiger partial charge in [0.15, 0.2) is 5.65 Å². The highest BCUT2D eigenvalue weighted by Gasteiger charge is 2.44. The van der Waals surface area contributed by atoms with Crippen LogP contribution in [-0.4, -0.2) is 54.5 Å². The van der Waals surface area contributed by atoms with Crippen molar-refractivity contribution in [1.29, 1.82) is 0 Å². The molecule has 228 valence electrons. The van der Waals surface area contributed by atoms with Crippen molar-refractivity contribution < 1.29 is 26.4 Å². The highest BCUT2D eigenvalue weighted by atomic mass is 35.5. The fourth-order valence-electron chi connectivity index (χ4n) is 6.35. The minimum Gasteiger partial charge on any atom is -0.380 e. The zero-order chi connectivity index (χ0) is 31.4. The lowest BCUT2D eigenvalue weighted by molar-refractivity contribution is -0.137. The summed E-state index contributed by atoms with van der Waals surface area (Å²) in [6.07, 6.45) is -0.372. The van der Waals surface area contributed by atoms with E-state index in [-0.39, 0.29) is 34.1 Å². The van der Waals surface area contributed by atoms with E-state index in [1.807, 2.05) is 11.9 Å². The molecule has 3 heterocycles. The van der Waals surface area contributed by atoms with Crippen molar-refractivity contribution in [1.82, 2.24) is 13.9 Å². The number of hydrogen-bond donors (Lipinski definition) is 1. The zero-order valence-electron chi connectivity index (χ0n) is 23.3. The van der Waals surface area contributed by atoms with Gasteiger partial charge in [-0.25, -0.2) is 27.0 Å². The van der Waals surface area contributed by atoms with Gasteiger partial charge in [-0.15, -0.1) is 0 Å². The van der Waals surface area contributed by atoms with Gasteiger partial charge < -0.3 is 15.1 Å². The Labute approximate surface area is 256 Å². The molecule has 1 N–H and O–H groups in total. The van der Waals surface area contributed by atoms with Crippen molar-refractivity contribution in [2.75, 3.05) is 30.4 Å². The van der Waals surface area contributed by atoms with Crippen molar-refractivity contribution in [2.45, 2.75) is 30.0 Å². The number of hydrogen-bond acceptors (Lipinski definition) is 5. The maximum atomic E-state index is 13.4. The van der Waals surface area contributed by atoms with Gasteiger partial charge in [0, 0.05) is 49.6 Å². The Balaban J connectivity index is 1.18. The summed E-state index contributed by atoms with van der Waals surface area (Å²) in [5.74, 6) is 0.307. The monoisotopic (exact) mass is 642 g/mol. The van der Waals surface area contributed by atoms with Crippen LogP contribution in [0.5, 0.6) is 0 Å². The summed E-state index contributed by atoms with van der Waals surface area (Å²) in [5, 5.41) is 2.66. The van der Waals surface area contributed by atoms with E-state index in [4.69, 9.17) is 18.2 Å². The number of nitrogens with one attached hydrogen (secondary N) is 1. The van der Waals surface area contributed by atoms with Crippen LogP contribution in [0.15, 0.2) is 71.9 Å². The first-order chi connectivity index (χ1) is 20.9. The Morgan fingerprint density at radius 2 is 1.80 bits per heavy atom. The van der Waals surface area contributed by atoms with Crippen molar-refractivity contribution in [3.8, 4) is 0 Å². The molecule has 1 saturated carbocycles. The van der Waals surface area contributed by atoms with E-state index in [9.17, 15) is 26.4 Å². The molecule has 0 spiro atoms. The Bertz CT molecular complexity index is 1890. The van der Waals surface area contributed by atoms with Gasteiger partial charge in [0.1, 0.15) is 0 Å². The first kappa shape index (κ1) is 29.8. The predicted molar refractivity (Wildman–Crippen MR) is 160 cm³/mol. The number of benzene rings is 2. The molecule has 1 saturated heterocycles. The van der Waals surface area contributed by atoms with Gasteiger partial charge in [-0.3, -0.25) is 0 Å². The summed E-state index contributed by atoms with van der Waals surface area (Å²) in [4.78, 5) is 24.7. The van der Waals surface area contributed by atoms with Crippen molar-refractivity contribution >= 4 is 55.8 Å². The third kappa shape index (κ3) is 5.22. The first-order valence-electron chi connectivity index (χ1n) is 13.7. The number of alkyl halides is 3. The summed E-state index contributed by atoms with van der Waals surface area (Å²) >= 11 is 5.70. The van der Waals surface area contributed by atoms with Crippen LogP contribution in [0.2, 0.25) is 5.02 Å². The summed E-state index contributed by atoms with van der Waals surface area (Å²) in [5.41, 5.74) is 0.109. The highest BCUT2D eigenvalue weighted by molar-refractivity contribution is 7.90. The minimum absolute atomic E-state index is 0.0102. The standard InChI is InChI=1S/C30H26ClF3N6O3S/c1-35-26-15-36-28-23(10-11-40(28)44(42,43)22-6-4-3-5-7-22)27(26)38(2)21-12-18-16-39(17-19(18)13-21)29(41)37-20-8-9-25(31)24(14-20)30(32,33)34/h3-11,14-15,18-19,21H,12-13,16-17H2,2H3,(H,37,41)/t18-,19+,21?. The molecule has 2 amide bonds. The maximum absolute atomic E-state index is 13.4. The van der Waals surface area contributed by atoms with Gasteiger partial charge in [-0.1, -0.05) is 29.8 Å². The van der Waals surface area contributed by atoms with Gasteiger partial charge in [-0.05, 0) is 61.1 Å². The lowest BCUT2D eigenvalue weighted by Gasteiger charge is -2.30. The first-order valence-corrected chi connectivity index (χ1v) is 15.5. The molecule has 6 rings (SSSR count). The molecule has 14 heteroatoms. The molecule has 2 aromatic carbocycles. The number of halogens is 4. The number of fused-ring (bicyclic) bond motifs is 2. The van der Waals surface area contributed by atoms with E-state index >= 15 is 0 Å². The molecule has 0 radical (unpaired) electrons. The molecular weight excluding hydrogens is 617 g/mol. The predicted octanol–water partition coefficient (Wildman–Crippen LogP) is 6.87. The van der Waals surface area contributed by atoms with Gasteiger partial charge >= 0.3 is 12.2 Å². The molecule has 2 aliphatic rings. The Kier molecular flexibility index (Phi) is 7.45. The molecule has 3 atom stereocenters. The second-order valence-corrected chi connectivity index (χ2v) is 13.3. The number of anilines is 2. The molecule has 0 bridgehead atoms. The van der Waals surface area contributed by atoms with Crippen LogP contribution in [0, 0.1) is 18.4 Å². The van der Waals surface area contributed by atoms with E-state index in [1.165, 1.54) is 30.6 Å². The SMILES string of the molecule is [C-]#[N+]c1cnc2c(ccn2S(=O)(=O)c2ccccc2)c1N(C)C1C[C@@H]2CN(C(=O)Nc3ccc(Cl)c(C(F)(F)F)c3)C[C@@H]2C1. The van der Waals surface area contributed by atoms with Crippen LogP contribution in [0.1, 0.15) is 18.4 Å². The average Bonchev–Trinajstić information content (AvgIpc) is 3.71. The number of amides is 2. The van der Waals surface area contributed by atoms with Gasteiger partial charge in [0.05, 0.1) is 27.7 Å². The third-order valence-corrected chi connectivity index (χ3v) is 10.5. The van der Waals surface area contributed by atoms with Crippen LogP contribution in [0.25, 0.3) is 15.9 Å². The molecule has 9 nitrogen and oxygen atoms in total. The van der Waals surface area contributed by atoms with Crippen LogP contribution < -0.4 is 10.2 Å². The Morgan fingerprint density at radius 3 is 2.43 bits per heavy atom. The van der Waals surface area contributed by atoms with Crippen LogP contribution in [0.4, 0.5) is 35.0 Å². The second kappa shape index (κ2) is 11.0. The summed E-state index contributed by atoms with van der Waals surface area (Å²) in [6, 6.07) is 12.5. The number of likely N-dealkylation sites (tertiary alicyclic amines) is 1. The van der Waals surface area contributed by atoms with E-state index in [1.54, 1.807) is 29.2 Å². The lowest BCUT2D eigenvalue weighted by atomic mass is 10.0. The van der Waals surface area contributed by atoms with Crippen molar-refractivity contribution in [3.05, 3.63) is 89.0 Å². The van der Waals surface area contributed by atoms with E-state index < -0.39 is 32.8 Å². The topological polar surface area (TPSA) is 91.9 Å². The van der Waals surface area contributed by atoms with Crippen molar-refractivity contribution in [3.63, 3.8) is 0 Å². The fraction of sp³-hybridized carbons (Fsp3) is 0.300. The number of urea groups is 1. The molecule has 2 aromatic heterocycles. The summed E-state index contributed by atoms with van der Waals surface area (Å²) in [7, 11) is -2.04. The number of aromatic nitrogens is 2. The van der Waals surface area contributed by atoms with E-state index in [2.05, 4.69) is 15.1 Å². The van der Waals surface area contributed by atoms with Crippen molar-refractivity contribution in [2.24, 2.45) is 11.8 Å². The molecule has 44 heavy (non-hydrogen) atoms. The Hall–Kier alpha value is -4.28. The largest absolute Gasteiger partial charge is 0.417 e. The number of carbonyl (C=O) groups is 1. The summed E-state index contributed by atoms with van der Waals surface area (Å²) < 4.78 is 67.6. The molecule has 2 fully saturated rings. The van der Waals surface area contributed by atoms with E-state index in [0.717, 1.165) is 16.1 Å². The van der Waals surface area contributed by atoms with Crippen LogP contribution >= 0.6 is 11.6 Å². The van der Waals surface area contributed by atoms with Crippen LogP contribution in [0.3, 0.4) is 0 Å². The van der Waals surface area contributed by atoms with Gasteiger partial charge in [-0.2, -0.15) is 13.2 Å². The highest BCUT2D eigenvalue weighted by Crippen LogP contribution is 2.45. The lowest BCUT2D eigenvalue weighted by Crippen LogP contribution is -2.36. The zero-order valence-corrected chi connectivity index (χ0v) is 24.9. The number of rotatable bonds is 5. The van der Waals surface area contributed by atoms with E-state index in [0.29, 0.717) is 42.7 Å². The van der Waals surface area contributed by atoms with Gasteiger partial charge in [0.2, 0.25) is 5.69 Å². The minimum atomic E-state index is -4.64. The smallest absolute Gasteiger partial charge is 0.380 e. The second-order valence-electron chi connectivity index (χ2n) is 11.1. The molecule has 1 unspecified atom stereocenters. The van der Waals surface area contributed by atoms with Crippen LogP contribution in [-0.2, 0) is 16.2 Å².